The van der Waals surface area contributed by atoms with E-state index in [-0.39, 0.29) is 17.3 Å². The Morgan fingerprint density at radius 2 is 2.21 bits per heavy atom. The second kappa shape index (κ2) is 5.34. The van der Waals surface area contributed by atoms with Gasteiger partial charge in [0.15, 0.2) is 11.6 Å². The van der Waals surface area contributed by atoms with Gasteiger partial charge in [-0.25, -0.2) is 4.39 Å². The van der Waals surface area contributed by atoms with E-state index >= 15 is 0 Å². The molecule has 0 bridgehead atoms. The van der Waals surface area contributed by atoms with Crippen LogP contribution in [0.4, 0.5) is 15.8 Å². The molecule has 0 spiro atoms. The summed E-state index contributed by atoms with van der Waals surface area (Å²) >= 11 is 0. The van der Waals surface area contributed by atoms with E-state index < -0.39 is 11.9 Å². The first-order valence-electron chi connectivity index (χ1n) is 6.21. The molecule has 1 fully saturated rings. The number of nitrogen functional groups attached to an aromatic ring is 1. The Balaban J connectivity index is 2.06. The minimum absolute atomic E-state index is 0.0894. The molecule has 1 aliphatic carbocycles. The lowest BCUT2D eigenvalue weighted by Crippen LogP contribution is -2.38. The fraction of sp³-hybridized carbons (Fsp3) is 0.462. The molecule has 0 saturated heterocycles. The Morgan fingerprint density at radius 3 is 2.79 bits per heavy atom. The molecule has 104 valence electrons. The molecule has 1 aromatic carbocycles. The molecule has 0 aliphatic heterocycles. The van der Waals surface area contributed by atoms with Crippen LogP contribution in [0.25, 0.3) is 0 Å². The van der Waals surface area contributed by atoms with Gasteiger partial charge in [0.25, 0.3) is 0 Å². The molecule has 0 heterocycles. The number of nitrogens with two attached hydrogens (primary N) is 1. The molecule has 0 radical (unpaired) electrons. The molecule has 2 rings (SSSR count). The SMILES string of the molecule is COc1cc(NC(C)C(=O)NC2CC2)c(N)cc1F. The van der Waals surface area contributed by atoms with Crippen molar-refractivity contribution in [1.29, 1.82) is 0 Å². The largest absolute Gasteiger partial charge is 0.494 e. The summed E-state index contributed by atoms with van der Waals surface area (Å²) in [6.45, 7) is 1.73. The van der Waals surface area contributed by atoms with Gasteiger partial charge >= 0.3 is 0 Å². The highest BCUT2D eigenvalue weighted by Crippen LogP contribution is 2.28. The van der Waals surface area contributed by atoms with Crippen LogP contribution < -0.4 is 21.1 Å². The number of carbonyl (C=O) groups is 1. The number of methoxy groups -OCH3 is 1. The third-order valence-corrected chi connectivity index (χ3v) is 3.01. The van der Waals surface area contributed by atoms with Crippen molar-refractivity contribution in [2.24, 2.45) is 0 Å². The van der Waals surface area contributed by atoms with Crippen molar-refractivity contribution in [2.75, 3.05) is 18.2 Å². The molecule has 1 aromatic rings. The monoisotopic (exact) mass is 267 g/mol. The van der Waals surface area contributed by atoms with Crippen molar-refractivity contribution < 1.29 is 13.9 Å². The number of rotatable bonds is 5. The predicted octanol–water partition coefficient (Wildman–Crippen LogP) is 1.50. The molecule has 19 heavy (non-hydrogen) atoms. The third kappa shape index (κ3) is 3.27. The van der Waals surface area contributed by atoms with Crippen molar-refractivity contribution in [3.05, 3.63) is 17.9 Å². The normalized spacial score (nSPS) is 15.7. The zero-order valence-electron chi connectivity index (χ0n) is 11.0. The van der Waals surface area contributed by atoms with Crippen molar-refractivity contribution in [2.45, 2.75) is 31.8 Å². The lowest BCUT2D eigenvalue weighted by molar-refractivity contribution is -0.121. The second-order valence-electron chi connectivity index (χ2n) is 4.72. The first-order valence-corrected chi connectivity index (χ1v) is 6.21. The van der Waals surface area contributed by atoms with E-state index in [4.69, 9.17) is 10.5 Å². The van der Waals surface area contributed by atoms with E-state index in [1.807, 2.05) is 0 Å². The van der Waals surface area contributed by atoms with Crippen molar-refractivity contribution in [3.8, 4) is 5.75 Å². The summed E-state index contributed by atoms with van der Waals surface area (Å²) in [6.07, 6.45) is 2.07. The molecule has 1 unspecified atom stereocenters. The Kier molecular flexibility index (Phi) is 3.78. The van der Waals surface area contributed by atoms with Gasteiger partial charge in [-0.3, -0.25) is 4.79 Å². The number of nitrogens with one attached hydrogen (secondary N) is 2. The number of benzene rings is 1. The molecule has 5 nitrogen and oxygen atoms in total. The fourth-order valence-electron chi connectivity index (χ4n) is 1.70. The van der Waals surface area contributed by atoms with Gasteiger partial charge in [0.05, 0.1) is 18.5 Å². The number of hydrogen-bond donors (Lipinski definition) is 3. The van der Waals surface area contributed by atoms with Crippen LogP contribution in [-0.4, -0.2) is 25.1 Å². The van der Waals surface area contributed by atoms with Crippen molar-refractivity contribution >= 4 is 17.3 Å². The number of amides is 1. The predicted molar refractivity (Wildman–Crippen MR) is 71.6 cm³/mol. The number of ether oxygens (including phenoxy) is 1. The average molecular weight is 267 g/mol. The van der Waals surface area contributed by atoms with Gasteiger partial charge in [0.2, 0.25) is 5.91 Å². The number of halogens is 1. The Hall–Kier alpha value is -1.98. The summed E-state index contributed by atoms with van der Waals surface area (Å²) in [4.78, 5) is 11.8. The number of carbonyl (C=O) groups excluding carboxylic acids is 1. The Morgan fingerprint density at radius 1 is 1.53 bits per heavy atom. The highest BCUT2D eigenvalue weighted by molar-refractivity contribution is 5.86. The van der Waals surface area contributed by atoms with E-state index in [0.29, 0.717) is 11.7 Å². The Bertz CT molecular complexity index is 489. The first kappa shape index (κ1) is 13.5. The lowest BCUT2D eigenvalue weighted by atomic mass is 10.2. The van der Waals surface area contributed by atoms with E-state index in [9.17, 15) is 9.18 Å². The molecule has 1 atom stereocenters. The third-order valence-electron chi connectivity index (χ3n) is 3.01. The molecule has 1 saturated carbocycles. The van der Waals surface area contributed by atoms with Gasteiger partial charge in [-0.1, -0.05) is 0 Å². The van der Waals surface area contributed by atoms with Crippen LogP contribution in [0.15, 0.2) is 12.1 Å². The zero-order valence-corrected chi connectivity index (χ0v) is 11.0. The van der Waals surface area contributed by atoms with Crippen LogP contribution in [0.5, 0.6) is 5.75 Å². The number of anilines is 2. The van der Waals surface area contributed by atoms with Crippen LogP contribution >= 0.6 is 0 Å². The van der Waals surface area contributed by atoms with Gasteiger partial charge in [-0.05, 0) is 19.8 Å². The molecule has 1 amide bonds. The van der Waals surface area contributed by atoms with Gasteiger partial charge in [0, 0.05) is 18.2 Å². The van der Waals surface area contributed by atoms with E-state index in [2.05, 4.69) is 10.6 Å². The van der Waals surface area contributed by atoms with Crippen LogP contribution in [0.1, 0.15) is 19.8 Å². The molecule has 0 aromatic heterocycles. The minimum atomic E-state index is -0.527. The lowest BCUT2D eigenvalue weighted by Gasteiger charge is -2.17. The van der Waals surface area contributed by atoms with E-state index in [0.717, 1.165) is 12.8 Å². The summed E-state index contributed by atoms with van der Waals surface area (Å²) < 4.78 is 18.3. The highest BCUT2D eigenvalue weighted by Gasteiger charge is 2.25. The van der Waals surface area contributed by atoms with Crippen molar-refractivity contribution in [3.63, 3.8) is 0 Å². The Labute approximate surface area is 111 Å². The summed E-state index contributed by atoms with van der Waals surface area (Å²) in [7, 11) is 1.38. The van der Waals surface area contributed by atoms with Crippen LogP contribution in [-0.2, 0) is 4.79 Å². The van der Waals surface area contributed by atoms with Crippen LogP contribution in [0, 0.1) is 5.82 Å². The molecule has 1 aliphatic rings. The van der Waals surface area contributed by atoms with Crippen LogP contribution in [0.2, 0.25) is 0 Å². The fourth-order valence-corrected chi connectivity index (χ4v) is 1.70. The van der Waals surface area contributed by atoms with Crippen molar-refractivity contribution in [1.82, 2.24) is 5.32 Å². The first-order chi connectivity index (χ1) is 9.01. The van der Waals surface area contributed by atoms with Crippen LogP contribution in [0.3, 0.4) is 0 Å². The quantitative estimate of drug-likeness (QED) is 0.707. The number of hydrogen-bond acceptors (Lipinski definition) is 4. The van der Waals surface area contributed by atoms with Gasteiger partial charge < -0.3 is 21.1 Å². The minimum Gasteiger partial charge on any atom is -0.494 e. The summed E-state index contributed by atoms with van der Waals surface area (Å²) in [5.74, 6) is -0.530. The van der Waals surface area contributed by atoms with Gasteiger partial charge in [0.1, 0.15) is 6.04 Å². The zero-order chi connectivity index (χ0) is 14.0. The molecule has 4 N–H and O–H groups in total. The molecule has 6 heteroatoms. The topological polar surface area (TPSA) is 76.4 Å². The summed E-state index contributed by atoms with van der Waals surface area (Å²) in [5, 5.41) is 5.85. The maximum atomic E-state index is 13.4. The van der Waals surface area contributed by atoms with E-state index in [1.54, 1.807) is 6.92 Å². The standard InChI is InChI=1S/C13H18FN3O2/c1-7(13(18)17-8-3-4-8)16-11-6-12(19-2)9(14)5-10(11)15/h5-8,16H,3-4,15H2,1-2H3,(H,17,18). The molecular weight excluding hydrogens is 249 g/mol. The summed E-state index contributed by atoms with van der Waals surface area (Å²) in [5.41, 5.74) is 6.44. The second-order valence-corrected chi connectivity index (χ2v) is 4.72. The summed E-state index contributed by atoms with van der Waals surface area (Å²) in [6, 6.07) is 2.48. The molecular formula is C13H18FN3O2. The highest BCUT2D eigenvalue weighted by atomic mass is 19.1. The maximum Gasteiger partial charge on any atom is 0.242 e. The van der Waals surface area contributed by atoms with Gasteiger partial charge in [-0.2, -0.15) is 0 Å². The average Bonchev–Trinajstić information content (AvgIpc) is 3.16. The van der Waals surface area contributed by atoms with Gasteiger partial charge in [-0.15, -0.1) is 0 Å². The smallest absolute Gasteiger partial charge is 0.242 e. The maximum absolute atomic E-state index is 13.4. The van der Waals surface area contributed by atoms with E-state index in [1.165, 1.54) is 19.2 Å².